The largest absolute Gasteiger partial charge is 0.493 e. The molecule has 0 bridgehead atoms. The van der Waals surface area contributed by atoms with Crippen molar-refractivity contribution in [1.29, 1.82) is 0 Å². The number of alkyl halides is 1. The molecule has 1 aromatic rings. The van der Waals surface area contributed by atoms with Crippen LogP contribution >= 0.6 is 11.6 Å². The van der Waals surface area contributed by atoms with Crippen molar-refractivity contribution in [3.8, 4) is 17.2 Å². The first-order valence-corrected chi connectivity index (χ1v) is 4.41. The molecule has 0 spiro atoms. The molecule has 4 heteroatoms. The minimum absolute atomic E-state index is 0.247. The number of fused-ring (bicyclic) bond motifs is 1. The summed E-state index contributed by atoms with van der Waals surface area (Å²) in [6.07, 6.45) is 0. The SMILES string of the molecule is COc1cc(CCl)cc2c1OCO2. The number of methoxy groups -OCH3 is 1. The lowest BCUT2D eigenvalue weighted by molar-refractivity contribution is 0.171. The maximum absolute atomic E-state index is 5.71. The Hall–Kier alpha value is -1.09. The third-order valence-electron chi connectivity index (χ3n) is 1.87. The summed E-state index contributed by atoms with van der Waals surface area (Å²) in [5.74, 6) is 2.48. The second-order valence-corrected chi connectivity index (χ2v) is 2.93. The van der Waals surface area contributed by atoms with Crippen molar-refractivity contribution < 1.29 is 14.2 Å². The van der Waals surface area contributed by atoms with E-state index in [2.05, 4.69) is 0 Å². The predicted octanol–water partition coefficient (Wildman–Crippen LogP) is 2.16. The summed E-state index contributed by atoms with van der Waals surface area (Å²) >= 11 is 5.71. The molecule has 0 radical (unpaired) electrons. The Kier molecular flexibility index (Phi) is 2.19. The number of benzene rings is 1. The van der Waals surface area contributed by atoms with E-state index in [-0.39, 0.29) is 6.79 Å². The highest BCUT2D eigenvalue weighted by atomic mass is 35.5. The molecule has 0 atom stereocenters. The van der Waals surface area contributed by atoms with E-state index in [1.807, 2.05) is 12.1 Å². The van der Waals surface area contributed by atoms with Gasteiger partial charge in [-0.05, 0) is 17.7 Å². The van der Waals surface area contributed by atoms with Crippen LogP contribution in [-0.4, -0.2) is 13.9 Å². The third-order valence-corrected chi connectivity index (χ3v) is 2.18. The maximum atomic E-state index is 5.71. The number of hydrogen-bond donors (Lipinski definition) is 0. The fourth-order valence-corrected chi connectivity index (χ4v) is 1.42. The highest BCUT2D eigenvalue weighted by Crippen LogP contribution is 2.41. The topological polar surface area (TPSA) is 27.7 Å². The standard InChI is InChI=1S/C9H9ClO3/c1-11-7-2-6(4-10)3-8-9(7)13-5-12-8/h2-3H,4-5H2,1H3. The van der Waals surface area contributed by atoms with E-state index in [1.54, 1.807) is 7.11 Å². The van der Waals surface area contributed by atoms with Gasteiger partial charge in [-0.1, -0.05) is 0 Å². The van der Waals surface area contributed by atoms with Gasteiger partial charge in [0, 0.05) is 5.88 Å². The fourth-order valence-electron chi connectivity index (χ4n) is 1.26. The average Bonchev–Trinajstić information content (AvgIpc) is 2.63. The van der Waals surface area contributed by atoms with Gasteiger partial charge in [-0.2, -0.15) is 0 Å². The fraction of sp³-hybridized carbons (Fsp3) is 0.333. The highest BCUT2D eigenvalue weighted by Gasteiger charge is 2.19. The van der Waals surface area contributed by atoms with Crippen LogP contribution in [0.2, 0.25) is 0 Å². The van der Waals surface area contributed by atoms with Crippen molar-refractivity contribution in [2.75, 3.05) is 13.9 Å². The van der Waals surface area contributed by atoms with Crippen LogP contribution in [-0.2, 0) is 5.88 Å². The summed E-state index contributed by atoms with van der Waals surface area (Å²) < 4.78 is 15.6. The van der Waals surface area contributed by atoms with Gasteiger partial charge in [0.15, 0.2) is 11.5 Å². The minimum atomic E-state index is 0.247. The van der Waals surface area contributed by atoms with Crippen molar-refractivity contribution in [3.05, 3.63) is 17.7 Å². The number of ether oxygens (including phenoxy) is 3. The molecule has 0 saturated carbocycles. The normalized spacial score (nSPS) is 13.1. The van der Waals surface area contributed by atoms with Gasteiger partial charge < -0.3 is 14.2 Å². The van der Waals surface area contributed by atoms with Gasteiger partial charge >= 0.3 is 0 Å². The Bertz CT molecular complexity index is 325. The van der Waals surface area contributed by atoms with Crippen molar-refractivity contribution in [3.63, 3.8) is 0 Å². The van der Waals surface area contributed by atoms with Crippen LogP contribution in [0.5, 0.6) is 17.2 Å². The molecular weight excluding hydrogens is 192 g/mol. The first-order chi connectivity index (χ1) is 6.35. The van der Waals surface area contributed by atoms with Gasteiger partial charge in [0.1, 0.15) is 0 Å². The van der Waals surface area contributed by atoms with Crippen LogP contribution in [0.3, 0.4) is 0 Å². The van der Waals surface area contributed by atoms with Crippen molar-refractivity contribution in [2.45, 2.75) is 5.88 Å². The highest BCUT2D eigenvalue weighted by molar-refractivity contribution is 6.17. The molecule has 0 amide bonds. The molecule has 2 rings (SSSR count). The van der Waals surface area contributed by atoms with Crippen molar-refractivity contribution >= 4 is 11.6 Å². The summed E-state index contributed by atoms with van der Waals surface area (Å²) in [5.41, 5.74) is 0.961. The summed E-state index contributed by atoms with van der Waals surface area (Å²) in [5, 5.41) is 0. The number of halogens is 1. The van der Waals surface area contributed by atoms with Crippen molar-refractivity contribution in [1.82, 2.24) is 0 Å². The molecule has 3 nitrogen and oxygen atoms in total. The van der Waals surface area contributed by atoms with Crippen LogP contribution in [0.4, 0.5) is 0 Å². The molecular formula is C9H9ClO3. The maximum Gasteiger partial charge on any atom is 0.231 e. The Morgan fingerprint density at radius 3 is 3.00 bits per heavy atom. The lowest BCUT2D eigenvalue weighted by atomic mass is 10.2. The number of hydrogen-bond acceptors (Lipinski definition) is 3. The average molecular weight is 201 g/mol. The Balaban J connectivity index is 2.49. The summed E-state index contributed by atoms with van der Waals surface area (Å²) in [4.78, 5) is 0. The van der Waals surface area contributed by atoms with Gasteiger partial charge in [0.2, 0.25) is 12.5 Å². The first kappa shape index (κ1) is 8.51. The molecule has 0 fully saturated rings. The van der Waals surface area contributed by atoms with Gasteiger partial charge in [-0.3, -0.25) is 0 Å². The van der Waals surface area contributed by atoms with Crippen LogP contribution in [0, 0.1) is 0 Å². The molecule has 0 N–H and O–H groups in total. The van der Waals surface area contributed by atoms with Gasteiger partial charge in [-0.15, -0.1) is 11.6 Å². The zero-order valence-electron chi connectivity index (χ0n) is 7.17. The predicted molar refractivity (Wildman–Crippen MR) is 48.7 cm³/mol. The smallest absolute Gasteiger partial charge is 0.231 e. The lowest BCUT2D eigenvalue weighted by Crippen LogP contribution is -1.93. The van der Waals surface area contributed by atoms with E-state index < -0.39 is 0 Å². The molecule has 0 saturated heterocycles. The summed E-state index contributed by atoms with van der Waals surface area (Å²) in [6.45, 7) is 0.247. The molecule has 1 aliphatic heterocycles. The van der Waals surface area contributed by atoms with E-state index in [0.717, 1.165) is 5.56 Å². The first-order valence-electron chi connectivity index (χ1n) is 3.87. The third kappa shape index (κ3) is 1.40. The van der Waals surface area contributed by atoms with E-state index in [1.165, 1.54) is 0 Å². The molecule has 13 heavy (non-hydrogen) atoms. The zero-order valence-corrected chi connectivity index (χ0v) is 7.93. The Labute approximate surface area is 81.2 Å². The second kappa shape index (κ2) is 3.34. The van der Waals surface area contributed by atoms with E-state index in [4.69, 9.17) is 25.8 Å². The van der Waals surface area contributed by atoms with Crippen LogP contribution < -0.4 is 14.2 Å². The van der Waals surface area contributed by atoms with Gasteiger partial charge in [0.05, 0.1) is 7.11 Å². The van der Waals surface area contributed by atoms with Gasteiger partial charge in [0.25, 0.3) is 0 Å². The minimum Gasteiger partial charge on any atom is -0.493 e. The van der Waals surface area contributed by atoms with E-state index in [9.17, 15) is 0 Å². The van der Waals surface area contributed by atoms with Crippen molar-refractivity contribution in [2.24, 2.45) is 0 Å². The summed E-state index contributed by atoms with van der Waals surface area (Å²) in [7, 11) is 1.59. The van der Waals surface area contributed by atoms with Gasteiger partial charge in [-0.25, -0.2) is 0 Å². The Morgan fingerprint density at radius 1 is 1.46 bits per heavy atom. The van der Waals surface area contributed by atoms with Crippen LogP contribution in [0.1, 0.15) is 5.56 Å². The molecule has 0 aromatic heterocycles. The molecule has 0 unspecified atom stereocenters. The molecule has 1 aliphatic rings. The number of rotatable bonds is 2. The summed E-state index contributed by atoms with van der Waals surface area (Å²) in [6, 6.07) is 3.71. The van der Waals surface area contributed by atoms with Crippen LogP contribution in [0.25, 0.3) is 0 Å². The van der Waals surface area contributed by atoms with E-state index in [0.29, 0.717) is 23.1 Å². The molecule has 0 aliphatic carbocycles. The quantitative estimate of drug-likeness (QED) is 0.685. The zero-order chi connectivity index (χ0) is 9.26. The molecule has 1 heterocycles. The molecule has 70 valence electrons. The lowest BCUT2D eigenvalue weighted by Gasteiger charge is -2.05. The Morgan fingerprint density at radius 2 is 2.31 bits per heavy atom. The monoisotopic (exact) mass is 200 g/mol. The molecule has 1 aromatic carbocycles. The van der Waals surface area contributed by atoms with E-state index >= 15 is 0 Å². The second-order valence-electron chi connectivity index (χ2n) is 2.67. The van der Waals surface area contributed by atoms with Crippen LogP contribution in [0.15, 0.2) is 12.1 Å².